The molecule has 138 valence electrons. The number of benzene rings is 1. The van der Waals surface area contributed by atoms with E-state index in [0.29, 0.717) is 45.6 Å². The molecule has 26 heavy (non-hydrogen) atoms. The Morgan fingerprint density at radius 2 is 1.69 bits per heavy atom. The quantitative estimate of drug-likeness (QED) is 0.810. The van der Waals surface area contributed by atoms with Crippen LogP contribution >= 0.6 is 0 Å². The van der Waals surface area contributed by atoms with E-state index in [1.807, 2.05) is 34.9 Å². The van der Waals surface area contributed by atoms with Gasteiger partial charge < -0.3 is 14.4 Å². The Bertz CT molecular complexity index is 744. The predicted molar refractivity (Wildman–Crippen MR) is 97.3 cm³/mol. The number of hydrogen-bond acceptors (Lipinski definition) is 4. The van der Waals surface area contributed by atoms with Crippen LogP contribution in [0, 0.1) is 6.92 Å². The molecule has 1 fully saturated rings. The van der Waals surface area contributed by atoms with Gasteiger partial charge in [-0.15, -0.1) is 10.2 Å². The highest BCUT2D eigenvalue weighted by molar-refractivity contribution is 5.79. The number of aromatic nitrogens is 3. The number of hydrogen-bond donors (Lipinski definition) is 0. The summed E-state index contributed by atoms with van der Waals surface area (Å²) in [5, 5.41) is 7.48. The lowest BCUT2D eigenvalue weighted by Gasteiger charge is -2.22. The first-order valence-electron chi connectivity index (χ1n) is 9.05. The first kappa shape index (κ1) is 18.1. The Balaban J connectivity index is 1.49. The summed E-state index contributed by atoms with van der Waals surface area (Å²) in [7, 11) is 0. The zero-order chi connectivity index (χ0) is 18.4. The van der Waals surface area contributed by atoms with E-state index < -0.39 is 0 Å². The van der Waals surface area contributed by atoms with Gasteiger partial charge in [0.25, 0.3) is 0 Å². The third-order valence-electron chi connectivity index (χ3n) is 4.69. The first-order chi connectivity index (χ1) is 12.6. The van der Waals surface area contributed by atoms with Crippen LogP contribution in [0.15, 0.2) is 36.9 Å². The molecule has 0 bridgehead atoms. The summed E-state index contributed by atoms with van der Waals surface area (Å²) >= 11 is 0. The van der Waals surface area contributed by atoms with Gasteiger partial charge >= 0.3 is 0 Å². The molecular formula is C19H25N5O2. The molecule has 1 aliphatic rings. The van der Waals surface area contributed by atoms with Crippen LogP contribution in [0.5, 0.6) is 0 Å². The molecule has 7 heteroatoms. The summed E-state index contributed by atoms with van der Waals surface area (Å²) in [6, 6.07) is 8.06. The van der Waals surface area contributed by atoms with Crippen LogP contribution in [0.3, 0.4) is 0 Å². The van der Waals surface area contributed by atoms with E-state index in [2.05, 4.69) is 16.3 Å². The molecule has 3 rings (SSSR count). The summed E-state index contributed by atoms with van der Waals surface area (Å²) in [4.78, 5) is 28.8. The molecule has 2 amide bonds. The van der Waals surface area contributed by atoms with Crippen LogP contribution in [0.4, 0.5) is 0 Å². The van der Waals surface area contributed by atoms with Gasteiger partial charge in [0.1, 0.15) is 12.7 Å². The normalized spacial score (nSPS) is 15.0. The number of rotatable bonds is 5. The molecule has 0 spiro atoms. The predicted octanol–water partition coefficient (Wildman–Crippen LogP) is 1.28. The van der Waals surface area contributed by atoms with Gasteiger partial charge in [-0.1, -0.05) is 29.8 Å². The van der Waals surface area contributed by atoms with Gasteiger partial charge in [0, 0.05) is 39.1 Å². The Labute approximate surface area is 153 Å². The van der Waals surface area contributed by atoms with Gasteiger partial charge in [-0.05, 0) is 18.9 Å². The van der Waals surface area contributed by atoms with Crippen molar-refractivity contribution in [2.45, 2.75) is 32.7 Å². The van der Waals surface area contributed by atoms with Crippen LogP contribution in [0.25, 0.3) is 0 Å². The lowest BCUT2D eigenvalue weighted by molar-refractivity contribution is -0.133. The molecule has 0 atom stereocenters. The molecule has 1 saturated heterocycles. The number of aryl methyl sites for hydroxylation is 2. The minimum atomic E-state index is 0.117. The Hall–Kier alpha value is -2.70. The Morgan fingerprint density at radius 3 is 2.38 bits per heavy atom. The summed E-state index contributed by atoms with van der Waals surface area (Å²) in [6.07, 6.45) is 4.89. The fourth-order valence-electron chi connectivity index (χ4n) is 3.25. The lowest BCUT2D eigenvalue weighted by atomic mass is 10.1. The lowest BCUT2D eigenvalue weighted by Crippen LogP contribution is -2.38. The van der Waals surface area contributed by atoms with Crippen LogP contribution < -0.4 is 0 Å². The van der Waals surface area contributed by atoms with E-state index in [-0.39, 0.29) is 11.8 Å². The van der Waals surface area contributed by atoms with Crippen molar-refractivity contribution in [1.82, 2.24) is 24.6 Å². The monoisotopic (exact) mass is 355 g/mol. The zero-order valence-corrected chi connectivity index (χ0v) is 15.2. The first-order valence-corrected chi connectivity index (χ1v) is 9.05. The topological polar surface area (TPSA) is 71.3 Å². The van der Waals surface area contributed by atoms with Crippen molar-refractivity contribution in [3.8, 4) is 0 Å². The maximum Gasteiger partial charge on any atom is 0.227 e. The number of amides is 2. The largest absolute Gasteiger partial charge is 0.341 e. The summed E-state index contributed by atoms with van der Waals surface area (Å²) in [5.41, 5.74) is 2.21. The van der Waals surface area contributed by atoms with E-state index in [1.165, 1.54) is 0 Å². The average molecular weight is 355 g/mol. The molecule has 0 aliphatic carbocycles. The van der Waals surface area contributed by atoms with Crippen LogP contribution in [0.2, 0.25) is 0 Å². The van der Waals surface area contributed by atoms with Crippen LogP contribution in [-0.4, -0.2) is 62.6 Å². The van der Waals surface area contributed by atoms with E-state index in [1.54, 1.807) is 17.2 Å². The van der Waals surface area contributed by atoms with Gasteiger partial charge in [-0.25, -0.2) is 0 Å². The van der Waals surface area contributed by atoms with Crippen molar-refractivity contribution in [1.29, 1.82) is 0 Å². The minimum Gasteiger partial charge on any atom is -0.341 e. The van der Waals surface area contributed by atoms with Crippen molar-refractivity contribution in [3.63, 3.8) is 0 Å². The van der Waals surface area contributed by atoms with Crippen molar-refractivity contribution >= 4 is 11.8 Å². The van der Waals surface area contributed by atoms with Gasteiger partial charge in [0.2, 0.25) is 11.8 Å². The number of carbonyl (C=O) groups excluding carboxylic acids is 2. The van der Waals surface area contributed by atoms with E-state index in [0.717, 1.165) is 17.5 Å². The van der Waals surface area contributed by atoms with E-state index in [9.17, 15) is 9.59 Å². The summed E-state index contributed by atoms with van der Waals surface area (Å²) in [6.45, 7) is 5.22. The summed E-state index contributed by atoms with van der Waals surface area (Å²) in [5.74, 6) is 0.251. The Kier molecular flexibility index (Phi) is 5.99. The highest BCUT2D eigenvalue weighted by atomic mass is 16.2. The van der Waals surface area contributed by atoms with Gasteiger partial charge in [0.05, 0.1) is 6.42 Å². The van der Waals surface area contributed by atoms with Crippen LogP contribution in [-0.2, 0) is 22.6 Å². The highest BCUT2D eigenvalue weighted by Crippen LogP contribution is 2.10. The highest BCUT2D eigenvalue weighted by Gasteiger charge is 2.22. The average Bonchev–Trinajstić information content (AvgIpc) is 3.02. The SMILES string of the molecule is Cc1cccc(CC(=O)N2CCCN(C(=O)CCn3cnnc3)CC2)c1. The fourth-order valence-corrected chi connectivity index (χ4v) is 3.25. The molecule has 7 nitrogen and oxygen atoms in total. The number of carbonyl (C=O) groups is 2. The maximum atomic E-state index is 12.6. The molecule has 0 radical (unpaired) electrons. The molecule has 0 unspecified atom stereocenters. The molecule has 1 aromatic carbocycles. The molecule has 1 aromatic heterocycles. The van der Waals surface area contributed by atoms with Crippen molar-refractivity contribution in [2.75, 3.05) is 26.2 Å². The molecule has 0 N–H and O–H groups in total. The molecular weight excluding hydrogens is 330 g/mol. The van der Waals surface area contributed by atoms with Crippen molar-refractivity contribution in [3.05, 3.63) is 48.0 Å². The molecule has 2 heterocycles. The standard InChI is InChI=1S/C19H25N5O2/c1-16-4-2-5-17(12-16)13-19(26)24-8-3-7-23(10-11-24)18(25)6-9-22-14-20-21-15-22/h2,4-5,12,14-15H,3,6-11,13H2,1H3. The molecule has 1 aliphatic heterocycles. The second-order valence-electron chi connectivity index (χ2n) is 6.73. The second-order valence-corrected chi connectivity index (χ2v) is 6.73. The molecule has 2 aromatic rings. The second kappa shape index (κ2) is 8.60. The smallest absolute Gasteiger partial charge is 0.227 e. The van der Waals surface area contributed by atoms with E-state index in [4.69, 9.17) is 0 Å². The van der Waals surface area contributed by atoms with Crippen molar-refractivity contribution in [2.24, 2.45) is 0 Å². The van der Waals surface area contributed by atoms with Gasteiger partial charge in [0.15, 0.2) is 0 Å². The third kappa shape index (κ3) is 4.91. The van der Waals surface area contributed by atoms with Gasteiger partial charge in [-0.3, -0.25) is 9.59 Å². The van der Waals surface area contributed by atoms with Crippen molar-refractivity contribution < 1.29 is 9.59 Å². The fraction of sp³-hybridized carbons (Fsp3) is 0.474. The molecule has 0 saturated carbocycles. The minimum absolute atomic E-state index is 0.117. The zero-order valence-electron chi connectivity index (χ0n) is 15.2. The van der Waals surface area contributed by atoms with Gasteiger partial charge in [-0.2, -0.15) is 0 Å². The van der Waals surface area contributed by atoms with E-state index >= 15 is 0 Å². The summed E-state index contributed by atoms with van der Waals surface area (Å²) < 4.78 is 1.80. The van der Waals surface area contributed by atoms with Crippen LogP contribution in [0.1, 0.15) is 24.0 Å². The Morgan fingerprint density at radius 1 is 1.00 bits per heavy atom. The number of nitrogens with zero attached hydrogens (tertiary/aromatic N) is 5. The maximum absolute atomic E-state index is 12.6. The third-order valence-corrected chi connectivity index (χ3v) is 4.69.